The zero-order valence-corrected chi connectivity index (χ0v) is 20.7. The lowest BCUT2D eigenvalue weighted by Crippen LogP contribution is -2.33. The highest BCUT2D eigenvalue weighted by atomic mass is 16.6. The molecule has 4 N–H and O–H groups in total. The summed E-state index contributed by atoms with van der Waals surface area (Å²) in [6.07, 6.45) is 7.47. The molecule has 0 radical (unpaired) electrons. The smallest absolute Gasteiger partial charge is 0.273 e. The first-order chi connectivity index (χ1) is 17.9. The summed E-state index contributed by atoms with van der Waals surface area (Å²) in [5.74, 6) is 0.731. The molecular weight excluding hydrogens is 470 g/mol. The molecule has 4 heterocycles. The molecule has 0 fully saturated rings. The van der Waals surface area contributed by atoms with Crippen LogP contribution in [-0.4, -0.2) is 38.1 Å². The Labute approximate surface area is 214 Å². The minimum atomic E-state index is -0.558. The summed E-state index contributed by atoms with van der Waals surface area (Å²) < 4.78 is 12.6. The number of nitrogens with one attached hydrogen (secondary N) is 4. The van der Waals surface area contributed by atoms with Crippen molar-refractivity contribution in [3.8, 4) is 11.5 Å². The third-order valence-corrected chi connectivity index (χ3v) is 6.94. The van der Waals surface area contributed by atoms with E-state index in [9.17, 15) is 10.1 Å². The van der Waals surface area contributed by atoms with Crippen molar-refractivity contribution in [2.24, 2.45) is 0 Å². The van der Waals surface area contributed by atoms with Crippen molar-refractivity contribution in [1.29, 1.82) is 0 Å². The second-order valence-corrected chi connectivity index (χ2v) is 9.46. The number of H-pyrrole nitrogens is 4. The number of rotatable bonds is 11. The van der Waals surface area contributed by atoms with Gasteiger partial charge in [-0.15, -0.1) is 0 Å². The molecule has 5 aromatic rings. The SMILES string of the molecule is CC(COc1ccc([N+](=O)[O-])cc1OCC(C)(c1ccc[nH]1)c1ccc[nH]1)(c1ccc[nH]1)c1ccc[nH]1. The molecule has 0 aliphatic carbocycles. The van der Waals surface area contributed by atoms with Crippen LogP contribution in [0.4, 0.5) is 5.69 Å². The zero-order chi connectivity index (χ0) is 25.9. The van der Waals surface area contributed by atoms with E-state index in [0.29, 0.717) is 11.5 Å². The average Bonchev–Trinajstić information content (AvgIpc) is 3.74. The molecule has 0 saturated heterocycles. The van der Waals surface area contributed by atoms with E-state index < -0.39 is 15.8 Å². The number of non-ortho nitro benzene ring substituents is 1. The fourth-order valence-electron chi connectivity index (χ4n) is 4.58. The predicted molar refractivity (Wildman–Crippen MR) is 140 cm³/mol. The summed E-state index contributed by atoms with van der Waals surface area (Å²) in [6, 6.07) is 20.2. The number of benzene rings is 1. The number of aromatic amines is 4. The highest BCUT2D eigenvalue weighted by molar-refractivity contribution is 5.49. The predicted octanol–water partition coefficient (Wildman–Crippen LogP) is 5.68. The van der Waals surface area contributed by atoms with Gasteiger partial charge in [0.1, 0.15) is 13.2 Å². The first kappa shape index (κ1) is 24.1. The van der Waals surface area contributed by atoms with E-state index in [2.05, 4.69) is 33.8 Å². The van der Waals surface area contributed by atoms with E-state index in [4.69, 9.17) is 9.47 Å². The largest absolute Gasteiger partial charge is 0.488 e. The number of hydrogen-bond donors (Lipinski definition) is 4. The van der Waals surface area contributed by atoms with E-state index in [1.807, 2.05) is 73.3 Å². The van der Waals surface area contributed by atoms with E-state index in [1.54, 1.807) is 6.07 Å². The van der Waals surface area contributed by atoms with E-state index >= 15 is 0 Å². The number of ether oxygens (including phenoxy) is 2. The minimum absolute atomic E-state index is 0.0692. The van der Waals surface area contributed by atoms with Crippen LogP contribution in [0.3, 0.4) is 0 Å². The molecule has 0 bridgehead atoms. The number of aromatic nitrogens is 4. The zero-order valence-electron chi connectivity index (χ0n) is 20.7. The molecule has 9 nitrogen and oxygen atoms in total. The lowest BCUT2D eigenvalue weighted by atomic mass is 9.84. The van der Waals surface area contributed by atoms with Gasteiger partial charge in [-0.05, 0) is 68.4 Å². The second kappa shape index (κ2) is 9.77. The van der Waals surface area contributed by atoms with Crippen molar-refractivity contribution in [3.05, 3.63) is 124 Å². The van der Waals surface area contributed by atoms with Gasteiger partial charge in [0.05, 0.1) is 21.8 Å². The maximum Gasteiger partial charge on any atom is 0.273 e. The maximum atomic E-state index is 11.6. The van der Waals surface area contributed by atoms with Crippen molar-refractivity contribution < 1.29 is 14.4 Å². The quantitative estimate of drug-likeness (QED) is 0.138. The molecule has 9 heteroatoms. The van der Waals surface area contributed by atoms with Gasteiger partial charge in [0, 0.05) is 53.6 Å². The Balaban J connectivity index is 1.45. The van der Waals surface area contributed by atoms with Gasteiger partial charge < -0.3 is 29.4 Å². The summed E-state index contributed by atoms with van der Waals surface area (Å²) >= 11 is 0. The van der Waals surface area contributed by atoms with Crippen LogP contribution >= 0.6 is 0 Å². The van der Waals surface area contributed by atoms with Crippen LogP contribution in [0.2, 0.25) is 0 Å². The Morgan fingerprint density at radius 1 is 0.676 bits per heavy atom. The van der Waals surface area contributed by atoms with E-state index in [1.165, 1.54) is 12.1 Å². The van der Waals surface area contributed by atoms with E-state index in [-0.39, 0.29) is 18.9 Å². The average molecular weight is 500 g/mol. The molecule has 0 amide bonds. The third kappa shape index (κ3) is 4.63. The second-order valence-electron chi connectivity index (χ2n) is 9.46. The Morgan fingerprint density at radius 2 is 1.08 bits per heavy atom. The standard InChI is InChI=1S/C28H29N5O4/c1-27(23-7-3-13-29-23,24-8-4-14-30-24)18-36-21-12-11-20(33(34)35)17-22(21)37-19-28(2,25-9-5-15-31-25)26-10-6-16-32-26/h3-17,29-32H,18-19H2,1-2H3. The Bertz CT molecular complexity index is 1350. The van der Waals surface area contributed by atoms with Gasteiger partial charge in [-0.1, -0.05) is 0 Å². The first-order valence-corrected chi connectivity index (χ1v) is 12.0. The van der Waals surface area contributed by atoms with Crippen LogP contribution < -0.4 is 9.47 Å². The Morgan fingerprint density at radius 3 is 1.43 bits per heavy atom. The van der Waals surface area contributed by atoms with Crippen LogP contribution in [0.5, 0.6) is 11.5 Å². The molecule has 0 spiro atoms. The summed E-state index contributed by atoms with van der Waals surface area (Å²) in [6.45, 7) is 4.61. The Hall–Kier alpha value is -4.66. The summed E-state index contributed by atoms with van der Waals surface area (Å²) in [5, 5.41) is 11.6. The van der Waals surface area contributed by atoms with Crippen molar-refractivity contribution in [3.63, 3.8) is 0 Å². The van der Waals surface area contributed by atoms with Gasteiger partial charge in [0.15, 0.2) is 11.5 Å². The van der Waals surface area contributed by atoms with Crippen molar-refractivity contribution in [1.82, 2.24) is 19.9 Å². The molecule has 1 aromatic carbocycles. The molecule has 0 unspecified atom stereocenters. The van der Waals surface area contributed by atoms with E-state index in [0.717, 1.165) is 22.8 Å². The van der Waals surface area contributed by atoms with Crippen molar-refractivity contribution >= 4 is 5.69 Å². The van der Waals surface area contributed by atoms with Gasteiger partial charge in [0.2, 0.25) is 0 Å². The van der Waals surface area contributed by atoms with Gasteiger partial charge in [-0.2, -0.15) is 0 Å². The van der Waals surface area contributed by atoms with Gasteiger partial charge in [0.25, 0.3) is 5.69 Å². The van der Waals surface area contributed by atoms with Crippen molar-refractivity contribution in [2.45, 2.75) is 24.7 Å². The molecule has 37 heavy (non-hydrogen) atoms. The monoisotopic (exact) mass is 499 g/mol. The fraction of sp³-hybridized carbons (Fsp3) is 0.214. The fourth-order valence-corrected chi connectivity index (χ4v) is 4.58. The first-order valence-electron chi connectivity index (χ1n) is 12.0. The maximum absolute atomic E-state index is 11.6. The molecular formula is C28H29N5O4. The topological polar surface area (TPSA) is 125 Å². The molecule has 0 saturated carbocycles. The molecule has 190 valence electrons. The Kier molecular flexibility index (Phi) is 6.35. The lowest BCUT2D eigenvalue weighted by molar-refractivity contribution is -0.385. The third-order valence-electron chi connectivity index (χ3n) is 6.94. The number of nitrogens with zero attached hydrogens (tertiary/aromatic N) is 1. The summed E-state index contributed by atoms with van der Waals surface area (Å²) in [5.41, 5.74) is 2.71. The lowest BCUT2D eigenvalue weighted by Gasteiger charge is -2.30. The van der Waals surface area contributed by atoms with Crippen LogP contribution in [0, 0.1) is 10.1 Å². The van der Waals surface area contributed by atoms with Gasteiger partial charge in [-0.25, -0.2) is 0 Å². The van der Waals surface area contributed by atoms with Gasteiger partial charge >= 0.3 is 0 Å². The number of nitro benzene ring substituents is 1. The van der Waals surface area contributed by atoms with Gasteiger partial charge in [-0.3, -0.25) is 10.1 Å². The van der Waals surface area contributed by atoms with Crippen LogP contribution in [0.25, 0.3) is 0 Å². The number of hydrogen-bond acceptors (Lipinski definition) is 4. The number of nitro groups is 1. The van der Waals surface area contributed by atoms with Crippen molar-refractivity contribution in [2.75, 3.05) is 13.2 Å². The molecule has 4 aromatic heterocycles. The molecule has 0 aliphatic heterocycles. The highest BCUT2D eigenvalue weighted by Gasteiger charge is 2.34. The summed E-state index contributed by atoms with van der Waals surface area (Å²) in [7, 11) is 0. The summed E-state index contributed by atoms with van der Waals surface area (Å²) in [4.78, 5) is 24.3. The molecule has 5 rings (SSSR count). The highest BCUT2D eigenvalue weighted by Crippen LogP contribution is 2.38. The molecule has 0 atom stereocenters. The van der Waals surface area contributed by atoms with Crippen LogP contribution in [-0.2, 0) is 10.8 Å². The van der Waals surface area contributed by atoms with Crippen LogP contribution in [0.15, 0.2) is 91.5 Å². The molecule has 0 aliphatic rings. The van der Waals surface area contributed by atoms with Crippen LogP contribution in [0.1, 0.15) is 36.6 Å². The normalized spacial score (nSPS) is 11.9. The minimum Gasteiger partial charge on any atom is -0.488 e.